The summed E-state index contributed by atoms with van der Waals surface area (Å²) >= 11 is 0. The number of likely N-dealkylation sites (tertiary alicyclic amines) is 3. The zero-order chi connectivity index (χ0) is 12.9. The van der Waals surface area contributed by atoms with Crippen molar-refractivity contribution in [3.8, 4) is 0 Å². The van der Waals surface area contributed by atoms with Crippen LogP contribution in [0.5, 0.6) is 0 Å². The van der Waals surface area contributed by atoms with Crippen LogP contribution < -0.4 is 0 Å². The molecule has 0 aliphatic carbocycles. The molecule has 3 aliphatic rings. The summed E-state index contributed by atoms with van der Waals surface area (Å²) in [7, 11) is 0. The molecule has 3 heteroatoms. The van der Waals surface area contributed by atoms with Crippen molar-refractivity contribution in [2.75, 3.05) is 45.8 Å². The Morgan fingerprint density at radius 3 is 1.94 bits per heavy atom. The van der Waals surface area contributed by atoms with Gasteiger partial charge in [-0.1, -0.05) is 0 Å². The molecule has 0 N–H and O–H groups in total. The van der Waals surface area contributed by atoms with Gasteiger partial charge in [-0.05, 0) is 33.6 Å². The summed E-state index contributed by atoms with van der Waals surface area (Å²) in [5.74, 6) is 0.950. The van der Waals surface area contributed by atoms with Crippen LogP contribution in [0.15, 0.2) is 0 Å². The first-order chi connectivity index (χ1) is 8.47. The summed E-state index contributed by atoms with van der Waals surface area (Å²) in [6.07, 6.45) is 0. The van der Waals surface area contributed by atoms with E-state index in [0.717, 1.165) is 18.0 Å². The van der Waals surface area contributed by atoms with Crippen molar-refractivity contribution in [2.45, 2.75) is 39.8 Å². The van der Waals surface area contributed by atoms with Crippen molar-refractivity contribution in [3.05, 3.63) is 0 Å². The van der Waals surface area contributed by atoms with Crippen LogP contribution in [0.4, 0.5) is 0 Å². The fourth-order valence-electron chi connectivity index (χ4n) is 3.92. The van der Waals surface area contributed by atoms with Gasteiger partial charge in [-0.2, -0.15) is 0 Å². The number of nitrogens with zero attached hydrogens (tertiary/aromatic N) is 3. The summed E-state index contributed by atoms with van der Waals surface area (Å²) in [4.78, 5) is 7.89. The second-order valence-corrected chi connectivity index (χ2v) is 7.58. The molecule has 104 valence electrons. The van der Waals surface area contributed by atoms with Crippen molar-refractivity contribution < 1.29 is 0 Å². The van der Waals surface area contributed by atoms with Crippen LogP contribution in [0.25, 0.3) is 0 Å². The second kappa shape index (κ2) is 4.46. The van der Waals surface area contributed by atoms with Gasteiger partial charge in [0.15, 0.2) is 0 Å². The van der Waals surface area contributed by atoms with Crippen LogP contribution in [0.1, 0.15) is 27.7 Å². The monoisotopic (exact) mass is 251 g/mol. The largest absolute Gasteiger partial charge is 0.302 e. The lowest BCUT2D eigenvalue weighted by atomic mass is 9.72. The summed E-state index contributed by atoms with van der Waals surface area (Å²) in [5.41, 5.74) is 0.700. The Bertz CT molecular complexity index is 290. The van der Waals surface area contributed by atoms with Crippen LogP contribution in [0, 0.1) is 11.3 Å². The highest BCUT2D eigenvalue weighted by Gasteiger charge is 2.52. The predicted molar refractivity (Wildman–Crippen MR) is 75.8 cm³/mol. The average Bonchev–Trinajstić information content (AvgIpc) is 2.07. The molecule has 0 aromatic heterocycles. The van der Waals surface area contributed by atoms with Crippen molar-refractivity contribution in [3.63, 3.8) is 0 Å². The fraction of sp³-hybridized carbons (Fsp3) is 1.00. The summed E-state index contributed by atoms with van der Waals surface area (Å²) in [6, 6.07) is 1.49. The van der Waals surface area contributed by atoms with Crippen LogP contribution >= 0.6 is 0 Å². The molecule has 0 unspecified atom stereocenters. The van der Waals surface area contributed by atoms with Gasteiger partial charge in [0.25, 0.3) is 0 Å². The quantitative estimate of drug-likeness (QED) is 0.747. The Labute approximate surface area is 112 Å². The third-order valence-corrected chi connectivity index (χ3v) is 5.16. The molecule has 3 saturated heterocycles. The maximum absolute atomic E-state index is 2.69. The second-order valence-electron chi connectivity index (χ2n) is 7.58. The van der Waals surface area contributed by atoms with Gasteiger partial charge < -0.3 is 9.80 Å². The topological polar surface area (TPSA) is 9.72 Å². The van der Waals surface area contributed by atoms with Gasteiger partial charge in [0.2, 0.25) is 0 Å². The van der Waals surface area contributed by atoms with Crippen LogP contribution in [0.3, 0.4) is 0 Å². The van der Waals surface area contributed by atoms with Crippen LogP contribution in [-0.2, 0) is 0 Å². The molecule has 0 aromatic carbocycles. The summed E-state index contributed by atoms with van der Waals surface area (Å²) in [6.45, 7) is 18.7. The van der Waals surface area contributed by atoms with E-state index in [2.05, 4.69) is 42.4 Å². The lowest BCUT2D eigenvalue weighted by Crippen LogP contribution is -2.73. The summed E-state index contributed by atoms with van der Waals surface area (Å²) in [5, 5.41) is 0. The number of rotatable bonds is 4. The van der Waals surface area contributed by atoms with E-state index in [1.807, 2.05) is 0 Å². The highest BCUT2D eigenvalue weighted by molar-refractivity contribution is 5.06. The molecule has 0 bridgehead atoms. The first kappa shape index (κ1) is 12.9. The lowest BCUT2D eigenvalue weighted by molar-refractivity contribution is -0.135. The minimum atomic E-state index is 0.700. The molecule has 0 aromatic rings. The first-order valence-corrected chi connectivity index (χ1v) is 7.68. The fourth-order valence-corrected chi connectivity index (χ4v) is 3.92. The molecular formula is C15H29N3. The maximum Gasteiger partial charge on any atom is 0.0212 e. The molecule has 1 spiro atoms. The Balaban J connectivity index is 1.33. The highest BCUT2D eigenvalue weighted by Crippen LogP contribution is 2.41. The van der Waals surface area contributed by atoms with E-state index in [1.54, 1.807) is 0 Å². The predicted octanol–water partition coefficient (Wildman–Crippen LogP) is 1.35. The molecule has 3 aliphatic heterocycles. The molecule has 18 heavy (non-hydrogen) atoms. The van der Waals surface area contributed by atoms with E-state index in [0.29, 0.717) is 5.41 Å². The molecule has 0 atom stereocenters. The number of hydrogen-bond acceptors (Lipinski definition) is 3. The van der Waals surface area contributed by atoms with E-state index in [1.165, 1.54) is 45.8 Å². The first-order valence-electron chi connectivity index (χ1n) is 7.68. The van der Waals surface area contributed by atoms with Gasteiger partial charge >= 0.3 is 0 Å². The third-order valence-electron chi connectivity index (χ3n) is 5.16. The Morgan fingerprint density at radius 1 is 0.889 bits per heavy atom. The molecular weight excluding hydrogens is 222 g/mol. The van der Waals surface area contributed by atoms with Gasteiger partial charge in [0.05, 0.1) is 0 Å². The molecule has 3 fully saturated rings. The van der Waals surface area contributed by atoms with Gasteiger partial charge in [0.1, 0.15) is 0 Å². The zero-order valence-electron chi connectivity index (χ0n) is 12.5. The van der Waals surface area contributed by atoms with E-state index >= 15 is 0 Å². The molecule has 0 saturated carbocycles. The average molecular weight is 251 g/mol. The SMILES string of the molecule is CC(C)N1CC(CN2CC3(C2)CN(C(C)C)C3)C1. The minimum Gasteiger partial charge on any atom is -0.302 e. The van der Waals surface area contributed by atoms with Gasteiger partial charge in [-0.3, -0.25) is 4.90 Å². The minimum absolute atomic E-state index is 0.700. The molecule has 0 radical (unpaired) electrons. The van der Waals surface area contributed by atoms with Gasteiger partial charge in [-0.25, -0.2) is 0 Å². The molecule has 3 nitrogen and oxygen atoms in total. The Hall–Kier alpha value is -0.120. The molecule has 0 amide bonds. The van der Waals surface area contributed by atoms with Gasteiger partial charge in [0, 0.05) is 63.3 Å². The van der Waals surface area contributed by atoms with Crippen molar-refractivity contribution in [2.24, 2.45) is 11.3 Å². The van der Waals surface area contributed by atoms with Crippen molar-refractivity contribution in [1.29, 1.82) is 0 Å². The standard InChI is InChI=1S/C15H29N3/c1-12(2)17-6-14(7-17)5-16-8-15(9-16)10-18(11-15)13(3)4/h12-14H,5-11H2,1-4H3. The Morgan fingerprint density at radius 2 is 1.44 bits per heavy atom. The van der Waals surface area contributed by atoms with Crippen molar-refractivity contribution in [1.82, 2.24) is 14.7 Å². The normalized spacial score (nSPS) is 29.7. The maximum atomic E-state index is 2.69. The van der Waals surface area contributed by atoms with Gasteiger partial charge in [-0.15, -0.1) is 0 Å². The lowest BCUT2D eigenvalue weighted by Gasteiger charge is -2.62. The zero-order valence-corrected chi connectivity index (χ0v) is 12.5. The van der Waals surface area contributed by atoms with Crippen molar-refractivity contribution >= 4 is 0 Å². The highest BCUT2D eigenvalue weighted by atomic mass is 15.3. The Kier molecular flexibility index (Phi) is 3.20. The molecule has 3 heterocycles. The van der Waals surface area contributed by atoms with E-state index in [-0.39, 0.29) is 0 Å². The van der Waals surface area contributed by atoms with E-state index in [4.69, 9.17) is 0 Å². The van der Waals surface area contributed by atoms with E-state index in [9.17, 15) is 0 Å². The third kappa shape index (κ3) is 2.21. The van der Waals surface area contributed by atoms with Crippen LogP contribution in [0.2, 0.25) is 0 Å². The van der Waals surface area contributed by atoms with Crippen LogP contribution in [-0.4, -0.2) is 72.6 Å². The summed E-state index contributed by atoms with van der Waals surface area (Å²) < 4.78 is 0. The molecule has 3 rings (SSSR count). The van der Waals surface area contributed by atoms with E-state index < -0.39 is 0 Å². The smallest absolute Gasteiger partial charge is 0.0212 e. The number of hydrogen-bond donors (Lipinski definition) is 0.